The summed E-state index contributed by atoms with van der Waals surface area (Å²) in [5.41, 5.74) is -1.52. The molecule has 1 atom stereocenters. The second kappa shape index (κ2) is 5.70. The predicted octanol–water partition coefficient (Wildman–Crippen LogP) is 0.825. The summed E-state index contributed by atoms with van der Waals surface area (Å²) >= 11 is 0. The lowest BCUT2D eigenvalue weighted by atomic mass is 9.98. The van der Waals surface area contributed by atoms with E-state index in [0.717, 1.165) is 0 Å². The Morgan fingerprint density at radius 3 is 2.58 bits per heavy atom. The zero-order valence-electron chi connectivity index (χ0n) is 11.3. The second-order valence-corrected chi connectivity index (χ2v) is 6.16. The lowest BCUT2D eigenvalue weighted by Crippen LogP contribution is -2.52. The Morgan fingerprint density at radius 2 is 2.16 bits per heavy atom. The highest BCUT2D eigenvalue weighted by Gasteiger charge is 2.37. The summed E-state index contributed by atoms with van der Waals surface area (Å²) in [6.07, 6.45) is 3.52. The number of carboxylic acids is 1. The number of sulfonamides is 1. The zero-order chi connectivity index (χ0) is 14.7. The van der Waals surface area contributed by atoms with Crippen LogP contribution >= 0.6 is 0 Å². The number of carbonyl (C=O) groups is 1. The van der Waals surface area contributed by atoms with Crippen molar-refractivity contribution in [3.8, 4) is 0 Å². The van der Waals surface area contributed by atoms with Gasteiger partial charge in [-0.05, 0) is 20.3 Å². The van der Waals surface area contributed by atoms with Crippen molar-refractivity contribution >= 4 is 16.0 Å². The minimum Gasteiger partial charge on any atom is -0.480 e. The molecule has 0 saturated carbocycles. The molecule has 19 heavy (non-hydrogen) atoms. The lowest BCUT2D eigenvalue weighted by Gasteiger charge is -2.24. The molecule has 1 aromatic rings. The average Bonchev–Trinajstić information content (AvgIpc) is 2.77. The van der Waals surface area contributed by atoms with Gasteiger partial charge in [0, 0.05) is 12.7 Å². The maximum absolute atomic E-state index is 12.1. The van der Waals surface area contributed by atoms with Crippen molar-refractivity contribution in [2.45, 2.75) is 50.7 Å². The van der Waals surface area contributed by atoms with Gasteiger partial charge in [0.1, 0.15) is 5.54 Å². The minimum atomic E-state index is -3.94. The minimum absolute atomic E-state index is 0.169. The molecule has 0 bridgehead atoms. The molecule has 108 valence electrons. The Bertz CT molecular complexity index is 552. The number of aliphatic carboxylic acids is 1. The van der Waals surface area contributed by atoms with Crippen LogP contribution in [-0.4, -0.2) is 34.6 Å². The molecule has 0 saturated heterocycles. The molecule has 0 spiro atoms. The molecular weight excluding hydrogens is 270 g/mol. The molecule has 0 aliphatic heterocycles. The summed E-state index contributed by atoms with van der Waals surface area (Å²) in [5.74, 6) is -1.20. The number of aromatic nitrogens is 2. The molecule has 1 heterocycles. The van der Waals surface area contributed by atoms with Crippen molar-refractivity contribution in [3.63, 3.8) is 0 Å². The normalized spacial score (nSPS) is 15.1. The number of nitrogens with one attached hydrogen (secondary N) is 1. The van der Waals surface area contributed by atoms with Gasteiger partial charge < -0.3 is 9.67 Å². The van der Waals surface area contributed by atoms with Crippen LogP contribution in [0.5, 0.6) is 0 Å². The first-order chi connectivity index (χ1) is 8.75. The average molecular weight is 289 g/mol. The monoisotopic (exact) mass is 289 g/mol. The number of carboxylic acid groups (broad SMARTS) is 1. The van der Waals surface area contributed by atoms with Gasteiger partial charge in [0.15, 0.2) is 5.03 Å². The van der Waals surface area contributed by atoms with Crippen LogP contribution in [0.1, 0.15) is 33.6 Å². The van der Waals surface area contributed by atoms with E-state index in [-0.39, 0.29) is 11.4 Å². The molecule has 1 rings (SSSR count). The summed E-state index contributed by atoms with van der Waals surface area (Å²) in [7, 11) is -3.94. The highest BCUT2D eigenvalue weighted by Crippen LogP contribution is 2.17. The van der Waals surface area contributed by atoms with E-state index >= 15 is 0 Å². The van der Waals surface area contributed by atoms with Crippen LogP contribution in [0, 0.1) is 0 Å². The number of hydrogen-bond acceptors (Lipinski definition) is 4. The number of rotatable bonds is 7. The van der Waals surface area contributed by atoms with Gasteiger partial charge in [-0.1, -0.05) is 13.3 Å². The van der Waals surface area contributed by atoms with E-state index in [1.807, 2.05) is 6.92 Å². The van der Waals surface area contributed by atoms with E-state index in [4.69, 9.17) is 0 Å². The zero-order valence-corrected chi connectivity index (χ0v) is 12.1. The van der Waals surface area contributed by atoms with Crippen LogP contribution in [0.2, 0.25) is 0 Å². The van der Waals surface area contributed by atoms with Crippen LogP contribution in [0.15, 0.2) is 17.6 Å². The van der Waals surface area contributed by atoms with Gasteiger partial charge in [0.2, 0.25) is 0 Å². The van der Waals surface area contributed by atoms with Gasteiger partial charge in [-0.3, -0.25) is 4.79 Å². The standard InChI is InChI=1S/C11H19N3O4S/c1-4-6-11(3,10(15)16)13-19(17,18)9-7-14(5-2)8-12-9/h7-8,13H,4-6H2,1-3H3,(H,15,16). The molecule has 0 aromatic carbocycles. The van der Waals surface area contributed by atoms with Gasteiger partial charge in [0.25, 0.3) is 10.0 Å². The second-order valence-electron chi connectivity index (χ2n) is 4.54. The molecule has 2 N–H and O–H groups in total. The number of hydrogen-bond donors (Lipinski definition) is 2. The first-order valence-electron chi connectivity index (χ1n) is 6.04. The van der Waals surface area contributed by atoms with Crippen LogP contribution in [0.3, 0.4) is 0 Å². The highest BCUT2D eigenvalue weighted by atomic mass is 32.2. The third kappa shape index (κ3) is 3.54. The SMILES string of the molecule is CCCC(C)(NS(=O)(=O)c1cn(CC)cn1)C(=O)O. The fourth-order valence-electron chi connectivity index (χ4n) is 1.70. The van der Waals surface area contributed by atoms with Gasteiger partial charge in [-0.2, -0.15) is 4.72 Å². The first-order valence-corrected chi connectivity index (χ1v) is 7.52. The molecule has 0 radical (unpaired) electrons. The topological polar surface area (TPSA) is 101 Å². The molecule has 0 amide bonds. The maximum Gasteiger partial charge on any atom is 0.324 e. The molecule has 1 aromatic heterocycles. The summed E-state index contributed by atoms with van der Waals surface area (Å²) in [4.78, 5) is 15.0. The van der Waals surface area contributed by atoms with Gasteiger partial charge in [-0.25, -0.2) is 13.4 Å². The maximum atomic E-state index is 12.1. The lowest BCUT2D eigenvalue weighted by molar-refractivity contribution is -0.143. The fraction of sp³-hybridized carbons (Fsp3) is 0.636. The van der Waals surface area contributed by atoms with Crippen molar-refractivity contribution < 1.29 is 18.3 Å². The summed E-state index contributed by atoms with van der Waals surface area (Å²) in [6.45, 7) is 5.59. The molecule has 0 fully saturated rings. The number of imidazole rings is 1. The summed E-state index contributed by atoms with van der Waals surface area (Å²) in [6, 6.07) is 0. The molecule has 0 aliphatic rings. The van der Waals surface area contributed by atoms with E-state index in [2.05, 4.69) is 9.71 Å². The van der Waals surface area contributed by atoms with E-state index in [1.165, 1.54) is 19.4 Å². The largest absolute Gasteiger partial charge is 0.480 e. The van der Waals surface area contributed by atoms with E-state index < -0.39 is 21.5 Å². The molecule has 0 aliphatic carbocycles. The number of aryl methyl sites for hydroxylation is 1. The third-order valence-corrected chi connectivity index (χ3v) is 4.31. The van der Waals surface area contributed by atoms with E-state index in [1.54, 1.807) is 11.5 Å². The fourth-order valence-corrected chi connectivity index (χ4v) is 3.05. The van der Waals surface area contributed by atoms with Gasteiger partial charge in [0.05, 0.1) is 6.33 Å². The van der Waals surface area contributed by atoms with Crippen LogP contribution < -0.4 is 4.72 Å². The Labute approximate surface area is 112 Å². The Hall–Kier alpha value is -1.41. The van der Waals surface area contributed by atoms with Crippen molar-refractivity contribution in [1.82, 2.24) is 14.3 Å². The van der Waals surface area contributed by atoms with Crippen LogP contribution in [0.4, 0.5) is 0 Å². The molecule has 1 unspecified atom stereocenters. The predicted molar refractivity (Wildman–Crippen MR) is 69.2 cm³/mol. The molecular formula is C11H19N3O4S. The van der Waals surface area contributed by atoms with Crippen LogP contribution in [0.25, 0.3) is 0 Å². The highest BCUT2D eigenvalue weighted by molar-refractivity contribution is 7.89. The third-order valence-electron chi connectivity index (χ3n) is 2.83. The van der Waals surface area contributed by atoms with Gasteiger partial charge in [-0.15, -0.1) is 0 Å². The Balaban J connectivity index is 3.04. The van der Waals surface area contributed by atoms with Crippen molar-refractivity contribution in [2.24, 2.45) is 0 Å². The van der Waals surface area contributed by atoms with Crippen LogP contribution in [-0.2, 0) is 21.4 Å². The first kappa shape index (κ1) is 15.6. The summed E-state index contributed by atoms with van der Waals surface area (Å²) < 4.78 is 28.0. The van der Waals surface area contributed by atoms with Crippen molar-refractivity contribution in [3.05, 3.63) is 12.5 Å². The van der Waals surface area contributed by atoms with Crippen molar-refractivity contribution in [2.75, 3.05) is 0 Å². The van der Waals surface area contributed by atoms with Gasteiger partial charge >= 0.3 is 5.97 Å². The van der Waals surface area contributed by atoms with Crippen molar-refractivity contribution in [1.29, 1.82) is 0 Å². The Kier molecular flexibility index (Phi) is 4.70. The quantitative estimate of drug-likeness (QED) is 0.774. The molecule has 7 nitrogen and oxygen atoms in total. The smallest absolute Gasteiger partial charge is 0.324 e. The van der Waals surface area contributed by atoms with E-state index in [0.29, 0.717) is 13.0 Å². The summed E-state index contributed by atoms with van der Waals surface area (Å²) in [5, 5.41) is 9.00. The Morgan fingerprint density at radius 1 is 1.53 bits per heavy atom. The molecule has 8 heteroatoms. The van der Waals surface area contributed by atoms with E-state index in [9.17, 15) is 18.3 Å². The number of nitrogens with zero attached hydrogens (tertiary/aromatic N) is 2.